The molecule has 70 valence electrons. The van der Waals surface area contributed by atoms with Crippen molar-refractivity contribution in [3.05, 3.63) is 12.2 Å². The van der Waals surface area contributed by atoms with E-state index in [9.17, 15) is 4.79 Å². The van der Waals surface area contributed by atoms with Crippen molar-refractivity contribution in [3.63, 3.8) is 0 Å². The number of nitrogens with one attached hydrogen (secondary N) is 1. The molecule has 1 atom stereocenters. The lowest BCUT2D eigenvalue weighted by Crippen LogP contribution is -2.29. The molecule has 3 heteroatoms. The van der Waals surface area contributed by atoms with Crippen molar-refractivity contribution >= 4 is 17.5 Å². The summed E-state index contributed by atoms with van der Waals surface area (Å²) < 4.78 is 0. The molecule has 1 unspecified atom stereocenters. The molecule has 0 spiro atoms. The molecule has 0 aromatic rings. The van der Waals surface area contributed by atoms with E-state index in [1.54, 1.807) is 6.92 Å². The first-order valence-electron chi connectivity index (χ1n) is 4.12. The zero-order valence-corrected chi connectivity index (χ0v) is 8.56. The monoisotopic (exact) mass is 189 g/mol. The number of halogens is 1. The highest BCUT2D eigenvalue weighted by Crippen LogP contribution is 1.93. The lowest BCUT2D eigenvalue weighted by Gasteiger charge is -2.02. The van der Waals surface area contributed by atoms with Crippen molar-refractivity contribution in [1.29, 1.82) is 0 Å². The van der Waals surface area contributed by atoms with Crippen molar-refractivity contribution in [3.8, 4) is 0 Å². The van der Waals surface area contributed by atoms with Crippen LogP contribution in [0.4, 0.5) is 0 Å². The lowest BCUT2D eigenvalue weighted by atomic mass is 10.2. The Morgan fingerprint density at radius 1 is 1.50 bits per heavy atom. The second-order valence-corrected chi connectivity index (χ2v) is 3.69. The molecule has 0 rings (SSSR count). The van der Waals surface area contributed by atoms with Crippen LogP contribution in [0.3, 0.4) is 0 Å². The van der Waals surface area contributed by atoms with Crippen LogP contribution in [0, 0.1) is 5.92 Å². The van der Waals surface area contributed by atoms with Crippen LogP contribution in [-0.4, -0.2) is 17.8 Å². The van der Waals surface area contributed by atoms with Gasteiger partial charge in [0.2, 0.25) is 5.91 Å². The third kappa shape index (κ3) is 6.23. The summed E-state index contributed by atoms with van der Waals surface area (Å²) in [5, 5.41) is 2.23. The highest BCUT2D eigenvalue weighted by molar-refractivity contribution is 6.30. The summed E-state index contributed by atoms with van der Waals surface area (Å²) in [4.78, 5) is 10.9. The number of rotatable bonds is 4. The molecule has 0 aliphatic carbocycles. The summed E-state index contributed by atoms with van der Waals surface area (Å²) in [5.74, 6) is 0.403. The molecule has 0 fully saturated rings. The van der Waals surface area contributed by atoms with Gasteiger partial charge in [0.15, 0.2) is 0 Å². The summed E-state index contributed by atoms with van der Waals surface area (Å²) >= 11 is 5.53. The quantitative estimate of drug-likeness (QED) is 0.532. The van der Waals surface area contributed by atoms with Gasteiger partial charge in [-0.1, -0.05) is 26.0 Å². The number of hydrogen-bond acceptors (Lipinski definition) is 1. The maximum absolute atomic E-state index is 10.9. The van der Waals surface area contributed by atoms with Crippen LogP contribution in [0.1, 0.15) is 20.8 Å². The van der Waals surface area contributed by atoms with Gasteiger partial charge >= 0.3 is 0 Å². The minimum atomic E-state index is -0.447. The van der Waals surface area contributed by atoms with Crippen molar-refractivity contribution in [2.75, 3.05) is 6.54 Å². The van der Waals surface area contributed by atoms with Crippen LogP contribution in [-0.2, 0) is 4.79 Å². The lowest BCUT2D eigenvalue weighted by molar-refractivity contribution is -0.120. The summed E-state index contributed by atoms with van der Waals surface area (Å²) in [5.41, 5.74) is 0. The SMILES string of the molecule is CC(C)C=CCNC(=O)C(C)Cl. The van der Waals surface area contributed by atoms with Crippen LogP contribution >= 0.6 is 11.6 Å². The van der Waals surface area contributed by atoms with Gasteiger partial charge in [-0.05, 0) is 12.8 Å². The molecule has 12 heavy (non-hydrogen) atoms. The fourth-order valence-electron chi connectivity index (χ4n) is 0.640. The van der Waals surface area contributed by atoms with E-state index in [1.807, 2.05) is 12.2 Å². The third-order valence-electron chi connectivity index (χ3n) is 1.28. The summed E-state index contributed by atoms with van der Waals surface area (Å²) in [6.07, 6.45) is 3.97. The number of amides is 1. The minimum absolute atomic E-state index is 0.120. The van der Waals surface area contributed by atoms with Crippen molar-refractivity contribution in [2.45, 2.75) is 26.1 Å². The Balaban J connectivity index is 3.50. The Morgan fingerprint density at radius 2 is 2.08 bits per heavy atom. The van der Waals surface area contributed by atoms with E-state index in [0.717, 1.165) is 0 Å². The normalized spacial score (nSPS) is 13.8. The fourth-order valence-corrected chi connectivity index (χ4v) is 0.718. The van der Waals surface area contributed by atoms with Crippen LogP contribution in [0.15, 0.2) is 12.2 Å². The van der Waals surface area contributed by atoms with E-state index in [4.69, 9.17) is 11.6 Å². The van der Waals surface area contributed by atoms with Gasteiger partial charge in [-0.15, -0.1) is 11.6 Å². The molecule has 1 N–H and O–H groups in total. The van der Waals surface area contributed by atoms with Gasteiger partial charge in [-0.25, -0.2) is 0 Å². The average Bonchev–Trinajstić information content (AvgIpc) is 1.97. The van der Waals surface area contributed by atoms with E-state index >= 15 is 0 Å². The summed E-state index contributed by atoms with van der Waals surface area (Å²) in [6, 6.07) is 0. The number of carbonyl (C=O) groups is 1. The Bertz CT molecular complexity index is 164. The van der Waals surface area contributed by atoms with Crippen LogP contribution in [0.25, 0.3) is 0 Å². The minimum Gasteiger partial charge on any atom is -0.351 e. The average molecular weight is 190 g/mol. The van der Waals surface area contributed by atoms with Gasteiger partial charge in [0.25, 0.3) is 0 Å². The van der Waals surface area contributed by atoms with Crippen LogP contribution < -0.4 is 5.32 Å². The highest BCUT2D eigenvalue weighted by Gasteiger charge is 2.05. The summed E-state index contributed by atoms with van der Waals surface area (Å²) in [7, 11) is 0. The predicted octanol–water partition coefficient (Wildman–Crippen LogP) is 1.94. The zero-order chi connectivity index (χ0) is 9.56. The second-order valence-electron chi connectivity index (χ2n) is 3.03. The number of carbonyl (C=O) groups excluding carboxylic acids is 1. The van der Waals surface area contributed by atoms with Gasteiger partial charge in [-0.2, -0.15) is 0 Å². The molecule has 0 saturated carbocycles. The predicted molar refractivity (Wildman–Crippen MR) is 52.3 cm³/mol. The number of allylic oxidation sites excluding steroid dienone is 1. The zero-order valence-electron chi connectivity index (χ0n) is 7.80. The molecule has 0 aliphatic rings. The van der Waals surface area contributed by atoms with E-state index in [2.05, 4.69) is 19.2 Å². The topological polar surface area (TPSA) is 29.1 Å². The molecule has 0 bridgehead atoms. The van der Waals surface area contributed by atoms with E-state index in [-0.39, 0.29) is 5.91 Å². The molecule has 0 aliphatic heterocycles. The largest absolute Gasteiger partial charge is 0.351 e. The van der Waals surface area contributed by atoms with Gasteiger partial charge in [0.1, 0.15) is 5.38 Å². The first-order chi connectivity index (χ1) is 5.54. The smallest absolute Gasteiger partial charge is 0.238 e. The Labute approximate surface area is 79.0 Å². The summed E-state index contributed by atoms with van der Waals surface area (Å²) in [6.45, 7) is 6.39. The number of hydrogen-bond donors (Lipinski definition) is 1. The van der Waals surface area contributed by atoms with Crippen molar-refractivity contribution in [2.24, 2.45) is 5.92 Å². The maximum atomic E-state index is 10.9. The third-order valence-corrected chi connectivity index (χ3v) is 1.47. The van der Waals surface area contributed by atoms with E-state index in [0.29, 0.717) is 12.5 Å². The molecule has 1 amide bonds. The Hall–Kier alpha value is -0.500. The standard InChI is InChI=1S/C9H16ClNO/c1-7(2)5-4-6-11-9(12)8(3)10/h4-5,7-8H,6H2,1-3H3,(H,11,12). The first kappa shape index (κ1) is 11.5. The number of alkyl halides is 1. The molecule has 0 radical (unpaired) electrons. The first-order valence-corrected chi connectivity index (χ1v) is 4.56. The molecule has 0 aromatic carbocycles. The Kier molecular flexibility index (Phi) is 5.81. The van der Waals surface area contributed by atoms with Crippen molar-refractivity contribution < 1.29 is 4.79 Å². The molecule has 0 heterocycles. The maximum Gasteiger partial charge on any atom is 0.238 e. The van der Waals surface area contributed by atoms with Crippen LogP contribution in [0.5, 0.6) is 0 Å². The molecule has 0 saturated heterocycles. The fraction of sp³-hybridized carbons (Fsp3) is 0.667. The molecular formula is C9H16ClNO. The van der Waals surface area contributed by atoms with Gasteiger partial charge in [0.05, 0.1) is 0 Å². The van der Waals surface area contributed by atoms with E-state index < -0.39 is 5.38 Å². The van der Waals surface area contributed by atoms with Crippen LogP contribution in [0.2, 0.25) is 0 Å². The van der Waals surface area contributed by atoms with Gasteiger partial charge < -0.3 is 5.32 Å². The van der Waals surface area contributed by atoms with Crippen molar-refractivity contribution in [1.82, 2.24) is 5.32 Å². The molecule has 0 aromatic heterocycles. The Morgan fingerprint density at radius 3 is 2.50 bits per heavy atom. The van der Waals surface area contributed by atoms with Gasteiger partial charge in [0, 0.05) is 6.54 Å². The second kappa shape index (κ2) is 6.06. The molecular weight excluding hydrogens is 174 g/mol. The highest BCUT2D eigenvalue weighted by atomic mass is 35.5. The molecule has 2 nitrogen and oxygen atoms in total. The van der Waals surface area contributed by atoms with E-state index in [1.165, 1.54) is 0 Å². The van der Waals surface area contributed by atoms with Gasteiger partial charge in [-0.3, -0.25) is 4.79 Å².